The van der Waals surface area contributed by atoms with E-state index in [0.29, 0.717) is 0 Å². The fraction of sp³-hybridized carbons (Fsp3) is 0. The largest absolute Gasteiger partial charge is 2.00 e. The summed E-state index contributed by atoms with van der Waals surface area (Å²) in [5.41, 5.74) is 0. The third-order valence-electron chi connectivity index (χ3n) is 0. The van der Waals surface area contributed by atoms with Crippen LogP contribution in [0.1, 0.15) is 0 Å². The fourth-order valence-electron chi connectivity index (χ4n) is 0. The van der Waals surface area contributed by atoms with E-state index in [0.717, 1.165) is 0 Å². The van der Waals surface area contributed by atoms with Crippen LogP contribution >= 0.6 is 0 Å². The van der Waals surface area contributed by atoms with Crippen molar-refractivity contribution in [1.82, 2.24) is 0 Å². The van der Waals surface area contributed by atoms with Crippen molar-refractivity contribution in [2.24, 2.45) is 0 Å². The molecule has 0 fully saturated rings. The molecule has 8 nitrogen and oxygen atoms in total. The van der Waals surface area contributed by atoms with Gasteiger partial charge in [0.1, 0.15) is 0 Å². The van der Waals surface area contributed by atoms with E-state index in [1.807, 2.05) is 0 Å². The summed E-state index contributed by atoms with van der Waals surface area (Å²) < 4.78 is 0. The van der Waals surface area contributed by atoms with Crippen LogP contribution in [0.15, 0.2) is 0 Å². The molecule has 11 heavy (non-hydrogen) atoms. The van der Waals surface area contributed by atoms with Gasteiger partial charge < -0.3 is 27.1 Å². The van der Waals surface area contributed by atoms with E-state index in [-0.39, 0.29) is 79.9 Å². The summed E-state index contributed by atoms with van der Waals surface area (Å²) in [7, 11) is 0. The van der Waals surface area contributed by atoms with Crippen molar-refractivity contribution in [3.8, 4) is 0 Å². The summed E-state index contributed by atoms with van der Waals surface area (Å²) in [6, 6.07) is 0. The van der Waals surface area contributed by atoms with Gasteiger partial charge in [0.15, 0.2) is 0 Å². The Bertz CT molecular complexity index is 41.4. The Balaban J connectivity index is -0.00000000214. The third kappa shape index (κ3) is 1100. The van der Waals surface area contributed by atoms with Crippen molar-refractivity contribution in [3.63, 3.8) is 0 Å². The number of nitrogens with zero attached hydrogens (tertiary/aromatic N) is 1. The Kier molecular flexibility index (Phi) is 598. The zero-order chi connectivity index (χ0) is 3.58. The van der Waals surface area contributed by atoms with Crippen LogP contribution in [0.2, 0.25) is 0 Å². The molecule has 0 aliphatic heterocycles. The molecule has 0 saturated heterocycles. The average molecular weight is 349 g/mol. The number of rotatable bonds is 0. The zero-order valence-electron chi connectivity index (χ0n) is 4.39. The van der Waals surface area contributed by atoms with Gasteiger partial charge in [0.2, 0.25) is 0 Å². The molecule has 0 atom stereocenters. The first-order valence-electron chi connectivity index (χ1n) is 0.565. The van der Waals surface area contributed by atoms with Gasteiger partial charge >= 0.3 is 39.4 Å². The van der Waals surface area contributed by atoms with Crippen molar-refractivity contribution in [1.29, 1.82) is 0 Å². The Morgan fingerprint density at radius 1 is 1.09 bits per heavy atom. The molecule has 0 amide bonds. The van der Waals surface area contributed by atoms with E-state index >= 15 is 0 Å². The van der Waals surface area contributed by atoms with Crippen LogP contribution in [0, 0.1) is 10.1 Å². The summed E-state index contributed by atoms with van der Waals surface area (Å²) in [4.78, 5) is 8.36. The van der Waals surface area contributed by atoms with Crippen molar-refractivity contribution >= 4 is 0 Å². The molecule has 1 N–H and O–H groups in total. The van der Waals surface area contributed by atoms with Gasteiger partial charge in [-0.2, -0.15) is 0 Å². The maximum absolute atomic E-state index is 8.36. The van der Waals surface area contributed by atoms with Crippen molar-refractivity contribution in [3.05, 3.63) is 10.1 Å². The van der Waals surface area contributed by atoms with E-state index in [4.69, 9.17) is 15.3 Å². The van der Waals surface area contributed by atoms with Crippen molar-refractivity contribution in [2.75, 3.05) is 0 Å². The van der Waals surface area contributed by atoms with Crippen LogP contribution < -0.4 is 0 Å². The van der Waals surface area contributed by atoms with Crippen LogP contribution in [0.5, 0.6) is 0 Å². The third-order valence-corrected chi connectivity index (χ3v) is 0. The molecule has 0 bridgehead atoms. The number of hydrogen-bond acceptors (Lipinski definition) is 2. The van der Waals surface area contributed by atoms with Gasteiger partial charge in [-0.15, -0.1) is 10.1 Å². The second kappa shape index (κ2) is 70.5. The van der Waals surface area contributed by atoms with Gasteiger partial charge in [-0.05, 0) is 0 Å². The molecule has 0 saturated carbocycles. The summed E-state index contributed by atoms with van der Waals surface area (Å²) >= 11 is 0. The second-order valence-electron chi connectivity index (χ2n) is 0.238. The fourth-order valence-corrected chi connectivity index (χ4v) is 0. The summed E-state index contributed by atoms with van der Waals surface area (Å²) in [5, 5.41) is 13.6. The molecule has 0 aromatic carbocycles. The Morgan fingerprint density at radius 2 is 1.09 bits per heavy atom. The maximum atomic E-state index is 8.36. The van der Waals surface area contributed by atoms with Crippen LogP contribution in [0.4, 0.5) is 0 Å². The topological polar surface area (TPSA) is 177 Å². The predicted octanol–water partition coefficient (Wildman–Crippen LogP) is -0.830. The van der Waals surface area contributed by atoms with Gasteiger partial charge in [0, 0.05) is 18.6 Å². The Morgan fingerprint density at radius 3 is 1.09 bits per heavy atom. The second-order valence-corrected chi connectivity index (χ2v) is 0.238. The Labute approximate surface area is 99.9 Å². The molecule has 0 spiro atoms. The van der Waals surface area contributed by atoms with E-state index in [1.165, 1.54) is 0 Å². The monoisotopic (exact) mass is 348 g/mol. The molecule has 2 radical (unpaired) electrons. The molecule has 0 aromatic heterocycles. The maximum Gasteiger partial charge on any atom is 2.00 e. The first kappa shape index (κ1) is 93.3. The first-order valence-corrected chi connectivity index (χ1v) is 0.565. The molecule has 80 valence electrons. The Hall–Kier alpha value is 0.884. The van der Waals surface area contributed by atoms with Gasteiger partial charge in [-0.1, -0.05) is 0 Å². The smallest absolute Gasteiger partial charge is 2.00 e. The molecular formula is HAgCuNO7V-5. The quantitative estimate of drug-likeness (QED) is 0.341. The predicted molar refractivity (Wildman–Crippen MR) is 11.5 cm³/mol. The van der Waals surface area contributed by atoms with E-state index < -0.39 is 5.09 Å². The van der Waals surface area contributed by atoms with E-state index in [2.05, 4.69) is 0 Å². The standard InChI is InChI=1S/Ag.Cu.HNO3.4O.V/c;;2-1(3)4;;;;;/h;;(H,2,3,4);;;;;/q+1;+2;;4*-2;. The minimum Gasteiger partial charge on any atom is -2.00 e. The van der Waals surface area contributed by atoms with Gasteiger partial charge in [-0.25, -0.2) is 0 Å². The van der Waals surface area contributed by atoms with Crippen LogP contribution in [-0.2, 0) is 79.9 Å². The number of hydrogen-bond donors (Lipinski definition) is 1. The molecule has 0 heterocycles. The summed E-state index contributed by atoms with van der Waals surface area (Å²) in [6.45, 7) is 0. The minimum absolute atomic E-state index is 0. The normalized spacial score (nSPS) is 2.18. The molecule has 0 aromatic rings. The van der Waals surface area contributed by atoms with Crippen LogP contribution in [-0.4, -0.2) is 10.3 Å². The van der Waals surface area contributed by atoms with Gasteiger partial charge in [-0.3, -0.25) is 0 Å². The molecule has 11 heteroatoms. The average Bonchev–Trinajstić information content (AvgIpc) is 0.811. The van der Waals surface area contributed by atoms with Gasteiger partial charge in [0.05, 0.1) is 0 Å². The molecule has 0 aliphatic rings. The van der Waals surface area contributed by atoms with Gasteiger partial charge in [0.25, 0.3) is 5.09 Å². The van der Waals surface area contributed by atoms with E-state index in [1.54, 1.807) is 0 Å². The molecule has 0 rings (SSSR count). The van der Waals surface area contributed by atoms with Crippen molar-refractivity contribution in [2.45, 2.75) is 0 Å². The van der Waals surface area contributed by atoms with Crippen molar-refractivity contribution < 1.29 is 90.2 Å². The molecular weight excluding hydrogens is 348 g/mol. The molecule has 0 unspecified atom stereocenters. The summed E-state index contributed by atoms with van der Waals surface area (Å²) in [6.07, 6.45) is 0. The van der Waals surface area contributed by atoms with E-state index in [9.17, 15) is 0 Å². The SMILES string of the molecule is O=[N+]([O-])O.[Ag+].[Cu+2].[O-2].[O-2].[O-2].[O-2].[V]. The minimum atomic E-state index is -1.50. The first-order chi connectivity index (χ1) is 1.73. The van der Waals surface area contributed by atoms with Crippen LogP contribution in [0.3, 0.4) is 0 Å². The zero-order valence-corrected chi connectivity index (χ0v) is 8.21. The van der Waals surface area contributed by atoms with Crippen LogP contribution in [0.25, 0.3) is 0 Å². The summed E-state index contributed by atoms with van der Waals surface area (Å²) in [5.74, 6) is 0. The molecule has 0 aliphatic carbocycles.